The van der Waals surface area contributed by atoms with Crippen LogP contribution < -0.4 is 9.47 Å². The fraction of sp³-hybridized carbons (Fsp3) is 0.286. The number of aliphatic carboxylic acids is 1. The Morgan fingerprint density at radius 1 is 1.26 bits per heavy atom. The fourth-order valence-corrected chi connectivity index (χ4v) is 4.36. The summed E-state index contributed by atoms with van der Waals surface area (Å²) in [6, 6.07) is 14.4. The number of rotatable bonds is 6. The van der Waals surface area contributed by atoms with Crippen LogP contribution in [0.15, 0.2) is 48.5 Å². The molecule has 1 aliphatic heterocycles. The molecule has 0 saturated carbocycles. The summed E-state index contributed by atoms with van der Waals surface area (Å²) in [4.78, 5) is 15.6. The zero-order valence-corrected chi connectivity index (χ0v) is 19.4. The molecular weight excluding hydrogens is 433 g/mol. The maximum atomic E-state index is 14.9. The summed E-state index contributed by atoms with van der Waals surface area (Å²) in [5, 5.41) is 9.21. The van der Waals surface area contributed by atoms with Crippen LogP contribution in [0, 0.1) is 24.6 Å². The number of hydrogen-bond acceptors (Lipinski definition) is 4. The van der Waals surface area contributed by atoms with Gasteiger partial charge in [0.2, 0.25) is 5.88 Å². The summed E-state index contributed by atoms with van der Waals surface area (Å²) in [5.41, 5.74) is 4.91. The minimum Gasteiger partial charge on any atom is -0.485 e. The van der Waals surface area contributed by atoms with Gasteiger partial charge in [0.1, 0.15) is 17.7 Å². The summed E-state index contributed by atoms with van der Waals surface area (Å²) in [6.07, 6.45) is 0.829. The molecule has 1 N–H and O–H groups in total. The number of halogens is 1. The molecule has 1 unspecified atom stereocenters. The number of hydrogen-bond donors (Lipinski definition) is 1. The highest BCUT2D eigenvalue weighted by atomic mass is 19.1. The van der Waals surface area contributed by atoms with Crippen LogP contribution >= 0.6 is 0 Å². The quantitative estimate of drug-likeness (QED) is 0.468. The maximum Gasteiger partial charge on any atom is 0.304 e. The van der Waals surface area contributed by atoms with Gasteiger partial charge in [-0.2, -0.15) is 0 Å². The molecule has 0 bridgehead atoms. The predicted octanol–water partition coefficient (Wildman–Crippen LogP) is 5.85. The van der Waals surface area contributed by atoms with Gasteiger partial charge in [-0.1, -0.05) is 24.1 Å². The van der Waals surface area contributed by atoms with Crippen molar-refractivity contribution in [1.29, 1.82) is 0 Å². The molecule has 4 rings (SSSR count). The maximum absolute atomic E-state index is 14.9. The van der Waals surface area contributed by atoms with Gasteiger partial charge in [-0.25, -0.2) is 9.37 Å². The first-order valence-electron chi connectivity index (χ1n) is 11.1. The Balaban J connectivity index is 1.60. The number of carboxylic acids is 1. The van der Waals surface area contributed by atoms with Gasteiger partial charge < -0.3 is 14.6 Å². The van der Waals surface area contributed by atoms with Gasteiger partial charge in [0, 0.05) is 22.9 Å². The van der Waals surface area contributed by atoms with Crippen LogP contribution in [0.3, 0.4) is 0 Å². The summed E-state index contributed by atoms with van der Waals surface area (Å²) >= 11 is 0. The molecule has 0 saturated heterocycles. The zero-order valence-electron chi connectivity index (χ0n) is 19.4. The van der Waals surface area contributed by atoms with Crippen LogP contribution in [-0.2, 0) is 11.2 Å². The molecule has 34 heavy (non-hydrogen) atoms. The number of benzene rings is 2. The molecule has 0 aliphatic carbocycles. The van der Waals surface area contributed by atoms with Gasteiger partial charge in [0.15, 0.2) is 0 Å². The molecule has 2 aromatic carbocycles. The first-order valence-corrected chi connectivity index (χ1v) is 11.1. The monoisotopic (exact) mass is 459 g/mol. The molecule has 2 heterocycles. The zero-order chi connectivity index (χ0) is 24.2. The minimum atomic E-state index is -0.889. The van der Waals surface area contributed by atoms with Crippen molar-refractivity contribution >= 4 is 5.97 Å². The Morgan fingerprint density at radius 2 is 2.09 bits per heavy atom. The highest BCUT2D eigenvalue weighted by Crippen LogP contribution is 2.39. The van der Waals surface area contributed by atoms with Crippen molar-refractivity contribution < 1.29 is 23.8 Å². The van der Waals surface area contributed by atoms with Crippen molar-refractivity contribution in [3.8, 4) is 34.6 Å². The van der Waals surface area contributed by atoms with Crippen LogP contribution in [0.4, 0.5) is 4.39 Å². The molecule has 2 atom stereocenters. The van der Waals surface area contributed by atoms with Crippen molar-refractivity contribution in [3.05, 3.63) is 76.7 Å². The van der Waals surface area contributed by atoms with Gasteiger partial charge in [-0.3, -0.25) is 4.79 Å². The highest BCUT2D eigenvalue weighted by molar-refractivity contribution is 5.69. The van der Waals surface area contributed by atoms with E-state index < -0.39 is 12.1 Å². The molecule has 0 radical (unpaired) electrons. The molecule has 3 aromatic rings. The van der Waals surface area contributed by atoms with Crippen LogP contribution in [0.1, 0.15) is 54.2 Å². The van der Waals surface area contributed by atoms with Gasteiger partial charge in [-0.15, -0.1) is 5.92 Å². The molecule has 0 amide bonds. The van der Waals surface area contributed by atoms with Crippen LogP contribution in [0.5, 0.6) is 11.6 Å². The first-order chi connectivity index (χ1) is 16.4. The minimum absolute atomic E-state index is 0.0548. The van der Waals surface area contributed by atoms with Gasteiger partial charge in [0.05, 0.1) is 19.4 Å². The third-order valence-corrected chi connectivity index (χ3v) is 6.05. The Kier molecular flexibility index (Phi) is 6.83. The lowest BCUT2D eigenvalue weighted by molar-refractivity contribution is -0.137. The number of nitrogens with zero attached hydrogens (tertiary/aromatic N) is 1. The van der Waals surface area contributed by atoms with Crippen molar-refractivity contribution in [1.82, 2.24) is 4.98 Å². The van der Waals surface area contributed by atoms with Crippen molar-refractivity contribution in [2.24, 2.45) is 0 Å². The summed E-state index contributed by atoms with van der Waals surface area (Å²) in [7, 11) is 1.57. The van der Waals surface area contributed by atoms with Crippen molar-refractivity contribution in [3.63, 3.8) is 0 Å². The van der Waals surface area contributed by atoms with E-state index in [4.69, 9.17) is 9.47 Å². The molecule has 1 aromatic heterocycles. The topological polar surface area (TPSA) is 68.7 Å². The molecule has 0 spiro atoms. The fourth-order valence-electron chi connectivity index (χ4n) is 4.36. The van der Waals surface area contributed by atoms with Crippen LogP contribution in [0.2, 0.25) is 0 Å². The van der Waals surface area contributed by atoms with E-state index in [-0.39, 0.29) is 18.2 Å². The first kappa shape index (κ1) is 23.3. The lowest BCUT2D eigenvalue weighted by Gasteiger charge is -2.28. The van der Waals surface area contributed by atoms with E-state index in [1.807, 2.05) is 37.3 Å². The van der Waals surface area contributed by atoms with E-state index in [1.165, 1.54) is 6.07 Å². The van der Waals surface area contributed by atoms with E-state index in [0.717, 1.165) is 27.9 Å². The van der Waals surface area contributed by atoms with Crippen LogP contribution in [-0.4, -0.2) is 23.2 Å². The lowest BCUT2D eigenvalue weighted by atomic mass is 9.90. The van der Waals surface area contributed by atoms with Gasteiger partial charge in [-0.05, 0) is 67.6 Å². The van der Waals surface area contributed by atoms with E-state index in [1.54, 1.807) is 26.2 Å². The molecule has 6 heteroatoms. The van der Waals surface area contributed by atoms with Crippen LogP contribution in [0.25, 0.3) is 11.1 Å². The van der Waals surface area contributed by atoms with E-state index in [0.29, 0.717) is 30.0 Å². The second kappa shape index (κ2) is 9.96. The van der Waals surface area contributed by atoms with E-state index in [2.05, 4.69) is 16.8 Å². The average molecular weight is 460 g/mol. The number of carbonyl (C=O) groups is 1. The second-order valence-electron chi connectivity index (χ2n) is 8.28. The molecule has 1 aliphatic rings. The normalized spacial score (nSPS) is 15.4. The predicted molar refractivity (Wildman–Crippen MR) is 127 cm³/mol. The Hall–Kier alpha value is -3.85. The molecule has 5 nitrogen and oxygen atoms in total. The highest BCUT2D eigenvalue weighted by Gasteiger charge is 2.26. The Labute approximate surface area is 198 Å². The number of aromatic nitrogens is 1. The van der Waals surface area contributed by atoms with E-state index in [9.17, 15) is 14.3 Å². The Morgan fingerprint density at radius 3 is 2.79 bits per heavy atom. The van der Waals surface area contributed by atoms with Gasteiger partial charge >= 0.3 is 5.97 Å². The standard InChI is InChI=1S/C28H26FNO4/c1-4-5-18(16-28(31)32)19-7-11-25-21(14-19)8-12-26(34-25)23-15-20(6-10-24(23)29)22-9-13-27(33-3)30-17(22)2/h6-7,9-11,13-15,18,26H,8,12,16H2,1-3H3,(H,31,32)/t18-,26?/m0/s1. The average Bonchev–Trinajstić information content (AvgIpc) is 2.83. The SMILES string of the molecule is CC#C[C@@H](CC(=O)O)c1ccc2c(c1)CCC(c1cc(-c3ccc(OC)nc3C)ccc1F)O2. The second-order valence-corrected chi connectivity index (χ2v) is 8.28. The third-order valence-electron chi connectivity index (χ3n) is 6.05. The number of pyridine rings is 1. The molecule has 0 fully saturated rings. The molecule has 174 valence electrons. The van der Waals surface area contributed by atoms with Crippen molar-refractivity contribution in [2.45, 2.75) is 45.1 Å². The number of carboxylic acid groups (broad SMARTS) is 1. The van der Waals surface area contributed by atoms with Gasteiger partial charge in [0.25, 0.3) is 0 Å². The third kappa shape index (κ3) is 4.89. The summed E-state index contributed by atoms with van der Waals surface area (Å²) in [6.45, 7) is 3.60. The largest absolute Gasteiger partial charge is 0.485 e. The summed E-state index contributed by atoms with van der Waals surface area (Å²) in [5.74, 6) is 5.44. The smallest absolute Gasteiger partial charge is 0.304 e. The number of fused-ring (bicyclic) bond motifs is 1. The Bertz CT molecular complexity index is 1290. The number of aryl methyl sites for hydroxylation is 2. The van der Waals surface area contributed by atoms with E-state index >= 15 is 0 Å². The number of ether oxygens (including phenoxy) is 2. The molecular formula is C28H26FNO4. The lowest BCUT2D eigenvalue weighted by Crippen LogP contribution is -2.17. The summed E-state index contributed by atoms with van der Waals surface area (Å²) < 4.78 is 26.2. The number of methoxy groups -OCH3 is 1. The van der Waals surface area contributed by atoms with Crippen molar-refractivity contribution in [2.75, 3.05) is 7.11 Å².